The number of carbonyl (C=O) groups is 3. The van der Waals surface area contributed by atoms with E-state index in [1.165, 1.54) is 6.92 Å². The molecule has 0 saturated carbocycles. The van der Waals surface area contributed by atoms with Crippen LogP contribution in [0.4, 0.5) is 13.2 Å². The first-order valence-electron chi connectivity index (χ1n) is 16.9. The molecule has 47 heavy (non-hydrogen) atoms. The molecule has 0 aliphatic heterocycles. The van der Waals surface area contributed by atoms with Gasteiger partial charge in [-0.15, -0.1) is 13.2 Å². The number of hydrogen-bond donors (Lipinski definition) is 0. The molecule has 0 unspecified atom stereocenters. The highest BCUT2D eigenvalue weighted by atomic mass is 28.4. The van der Waals surface area contributed by atoms with E-state index in [1.807, 2.05) is 34.6 Å². The summed E-state index contributed by atoms with van der Waals surface area (Å²) in [6.07, 6.45) is -4.78. The molecule has 0 rings (SSSR count). The molecule has 0 aromatic carbocycles. The second kappa shape index (κ2) is 18.2. The molecule has 0 aromatic rings. The minimum atomic E-state index is -4.61. The Morgan fingerprint density at radius 3 is 1.79 bits per heavy atom. The van der Waals surface area contributed by atoms with Crippen molar-refractivity contribution >= 4 is 34.2 Å². The Kier molecular flexibility index (Phi) is 17.5. The van der Waals surface area contributed by atoms with Gasteiger partial charge in [0.05, 0.1) is 18.6 Å². The van der Waals surface area contributed by atoms with Crippen LogP contribution < -0.4 is 0 Å². The summed E-state index contributed by atoms with van der Waals surface area (Å²) in [7, 11) is -4.69. The third kappa shape index (κ3) is 12.9. The van der Waals surface area contributed by atoms with Crippen LogP contribution in [0.5, 0.6) is 0 Å². The first-order chi connectivity index (χ1) is 21.3. The van der Waals surface area contributed by atoms with Crippen molar-refractivity contribution in [2.75, 3.05) is 0 Å². The Morgan fingerprint density at radius 1 is 0.894 bits per heavy atom. The van der Waals surface area contributed by atoms with E-state index in [0.717, 1.165) is 30.3 Å². The molecule has 0 saturated heterocycles. The average molecular weight is 705 g/mol. The number of Topliss-reactive ketones (excluding diaryl/α,β-unsaturated/α-hetero) is 2. The number of carbonyl (C=O) groups excluding carboxylic acids is 3. The molecule has 0 aromatic heterocycles. The van der Waals surface area contributed by atoms with Crippen molar-refractivity contribution in [1.29, 1.82) is 0 Å². The van der Waals surface area contributed by atoms with Gasteiger partial charge in [-0.05, 0) is 55.5 Å². The fourth-order valence-corrected chi connectivity index (χ4v) is 9.77. The summed E-state index contributed by atoms with van der Waals surface area (Å²) in [6.45, 7) is 32.7. The van der Waals surface area contributed by atoms with E-state index >= 15 is 0 Å². The van der Waals surface area contributed by atoms with Gasteiger partial charge in [-0.2, -0.15) is 13.2 Å². The van der Waals surface area contributed by atoms with Crippen molar-refractivity contribution in [1.82, 2.24) is 0 Å². The molecule has 0 fully saturated rings. The largest absolute Gasteiger partial charge is 0.454 e. The molecule has 0 spiro atoms. The summed E-state index contributed by atoms with van der Waals surface area (Å²) in [5, 5.41) is -0.0938. The van der Waals surface area contributed by atoms with E-state index < -0.39 is 82.6 Å². The van der Waals surface area contributed by atoms with Crippen LogP contribution in [0.25, 0.3) is 0 Å². The van der Waals surface area contributed by atoms with Crippen LogP contribution in [-0.4, -0.2) is 58.7 Å². The Hall–Kier alpha value is -1.83. The zero-order chi connectivity index (χ0) is 37.2. The zero-order valence-corrected chi connectivity index (χ0v) is 33.4. The van der Waals surface area contributed by atoms with Crippen LogP contribution in [0.3, 0.4) is 0 Å². The van der Waals surface area contributed by atoms with Gasteiger partial charge in [0.1, 0.15) is 5.78 Å². The third-order valence-corrected chi connectivity index (χ3v) is 19.3. The Balaban J connectivity index is 6.66. The van der Waals surface area contributed by atoms with Crippen molar-refractivity contribution in [2.24, 2.45) is 17.3 Å². The van der Waals surface area contributed by atoms with Gasteiger partial charge >= 0.3 is 12.1 Å². The van der Waals surface area contributed by atoms with Gasteiger partial charge in [0.25, 0.3) is 0 Å². The maximum atomic E-state index is 14.5. The number of ketones is 2. The Labute approximate surface area is 285 Å². The molecule has 6 nitrogen and oxygen atoms in total. The number of allylic oxidation sites excluding steroid dienone is 2. The monoisotopic (exact) mass is 704 g/mol. The van der Waals surface area contributed by atoms with Crippen molar-refractivity contribution in [3.8, 4) is 0 Å². The maximum Gasteiger partial charge on any atom is 0.412 e. The van der Waals surface area contributed by atoms with Gasteiger partial charge in [-0.25, -0.2) is 0 Å². The summed E-state index contributed by atoms with van der Waals surface area (Å²) in [4.78, 5) is 40.4. The van der Waals surface area contributed by atoms with Crippen molar-refractivity contribution in [2.45, 2.75) is 156 Å². The molecular weight excluding hydrogens is 642 g/mol. The topological polar surface area (TPSA) is 78.9 Å². The molecule has 11 heteroatoms. The summed E-state index contributed by atoms with van der Waals surface area (Å²) in [5.74, 6) is -2.24. The second-order valence-electron chi connectivity index (χ2n) is 14.9. The van der Waals surface area contributed by atoms with E-state index in [0.29, 0.717) is 0 Å². The minimum Gasteiger partial charge on any atom is -0.454 e. The van der Waals surface area contributed by atoms with Crippen LogP contribution in [0, 0.1) is 17.3 Å². The third-order valence-electron chi connectivity index (χ3n) is 10.2. The Morgan fingerprint density at radius 2 is 1.40 bits per heavy atom. The summed E-state index contributed by atoms with van der Waals surface area (Å²) in [5.41, 5.74) is -2.05. The van der Waals surface area contributed by atoms with Gasteiger partial charge < -0.3 is 13.6 Å². The highest BCUT2D eigenvalue weighted by molar-refractivity contribution is 6.74. The number of hydrogen-bond acceptors (Lipinski definition) is 6. The van der Waals surface area contributed by atoms with Gasteiger partial charge in [-0.1, -0.05) is 87.5 Å². The first kappa shape index (κ1) is 45.2. The van der Waals surface area contributed by atoms with E-state index in [-0.39, 0.29) is 23.2 Å². The maximum absolute atomic E-state index is 14.5. The number of ether oxygens (including phenoxy) is 1. The van der Waals surface area contributed by atoms with Crippen LogP contribution in [0.1, 0.15) is 95.4 Å². The molecule has 0 aliphatic rings. The molecule has 0 radical (unpaired) electrons. The first-order valence-corrected chi connectivity index (χ1v) is 22.3. The fourth-order valence-electron chi connectivity index (χ4n) is 5.33. The fraction of sp³-hybridized carbons (Fsp3) is 0.750. The van der Waals surface area contributed by atoms with Gasteiger partial charge in [0.2, 0.25) is 0 Å². The smallest absolute Gasteiger partial charge is 0.412 e. The predicted octanol–water partition coefficient (Wildman–Crippen LogP) is 10.2. The second-order valence-corrected chi connectivity index (χ2v) is 24.4. The standard InChI is InChI=1S/C36H63F3O6Si2/c1-16-21-28(36(37,38)39)22-23-29(27(8)40)43-31(41)24-30(44-47(18-3,19-4)20-5)35(12,13)33(42)26(7)32(25(6)17-2)45-46(14,15)34(9,10)11/h16-17,22,25-26,29-30,32H,1-2,18-21,23-24H2,3-15H3/b28-22+/t25-,26+,29-,30-,32-/m0/s1. The summed E-state index contributed by atoms with van der Waals surface area (Å²) >= 11 is 0. The molecule has 0 amide bonds. The lowest BCUT2D eigenvalue weighted by molar-refractivity contribution is -0.158. The Bertz CT molecular complexity index is 1090. The van der Waals surface area contributed by atoms with Crippen molar-refractivity contribution < 1.29 is 41.1 Å². The van der Waals surface area contributed by atoms with E-state index in [4.69, 9.17) is 13.6 Å². The summed E-state index contributed by atoms with van der Waals surface area (Å²) in [6, 6.07) is 2.29. The normalized spacial score (nSPS) is 16.9. The van der Waals surface area contributed by atoms with Gasteiger partial charge in [0.15, 0.2) is 28.5 Å². The minimum absolute atomic E-state index is 0.0938. The van der Waals surface area contributed by atoms with Gasteiger partial charge in [-0.3, -0.25) is 14.4 Å². The van der Waals surface area contributed by atoms with Crippen LogP contribution in [0.15, 0.2) is 37.0 Å². The van der Waals surface area contributed by atoms with E-state index in [1.54, 1.807) is 19.9 Å². The van der Waals surface area contributed by atoms with Crippen molar-refractivity contribution in [3.63, 3.8) is 0 Å². The molecule has 0 bridgehead atoms. The lowest BCUT2D eigenvalue weighted by atomic mass is 9.73. The molecule has 0 aliphatic carbocycles. The number of alkyl halides is 3. The average Bonchev–Trinajstić information content (AvgIpc) is 2.96. The number of rotatable bonds is 21. The highest BCUT2D eigenvalue weighted by Crippen LogP contribution is 2.42. The highest BCUT2D eigenvalue weighted by Gasteiger charge is 2.49. The predicted molar refractivity (Wildman–Crippen MR) is 190 cm³/mol. The van der Waals surface area contributed by atoms with Crippen LogP contribution >= 0.6 is 0 Å². The lowest BCUT2D eigenvalue weighted by Crippen LogP contribution is -2.53. The lowest BCUT2D eigenvalue weighted by Gasteiger charge is -2.45. The van der Waals surface area contributed by atoms with Crippen LogP contribution in [-0.2, 0) is 28.0 Å². The zero-order valence-electron chi connectivity index (χ0n) is 31.4. The van der Waals surface area contributed by atoms with E-state index in [9.17, 15) is 27.6 Å². The van der Waals surface area contributed by atoms with Gasteiger partial charge in [0, 0.05) is 23.3 Å². The van der Waals surface area contributed by atoms with Crippen LogP contribution in [0.2, 0.25) is 36.3 Å². The molecule has 0 N–H and O–H groups in total. The SMILES string of the molecule is C=CC/C(=C\C[C@H](OC(=O)C[C@H](O[Si](CC)(CC)CC)C(C)(C)C(=O)[C@H](C)[C@@H](O[Si](C)(C)C(C)(C)C)[C@@H](C)C=C)C(C)=O)C(F)(F)F. The number of halogens is 3. The van der Waals surface area contributed by atoms with E-state index in [2.05, 4.69) is 47.0 Å². The molecule has 5 atom stereocenters. The molecular formula is C36H63F3O6Si2. The summed E-state index contributed by atoms with van der Waals surface area (Å²) < 4.78 is 59.5. The quantitative estimate of drug-likeness (QED) is 0.0672. The number of esters is 1. The molecule has 272 valence electrons. The van der Waals surface area contributed by atoms with Crippen molar-refractivity contribution in [3.05, 3.63) is 37.0 Å². The molecule has 0 heterocycles.